The van der Waals surface area contributed by atoms with Crippen LogP contribution in [0.3, 0.4) is 0 Å². The van der Waals surface area contributed by atoms with Crippen molar-refractivity contribution in [3.05, 3.63) is 59.7 Å². The van der Waals surface area contributed by atoms with E-state index in [1.165, 1.54) is 18.0 Å². The lowest BCUT2D eigenvalue weighted by atomic mass is 10.0. The first-order valence-electron chi connectivity index (χ1n) is 9.64. The molecule has 0 aliphatic carbocycles. The predicted molar refractivity (Wildman–Crippen MR) is 111 cm³/mol. The number of carbonyl (C=O) groups is 2. The molecule has 0 spiro atoms. The fraction of sp³-hybridized carbons (Fsp3) is 0.364. The molecule has 2 rings (SSSR count). The van der Waals surface area contributed by atoms with Crippen LogP contribution < -0.4 is 16.1 Å². The van der Waals surface area contributed by atoms with E-state index in [9.17, 15) is 14.7 Å². The Morgan fingerprint density at radius 2 is 1.48 bits per heavy atom. The predicted octanol–water partition coefficient (Wildman–Crippen LogP) is 2.08. The van der Waals surface area contributed by atoms with Crippen molar-refractivity contribution < 1.29 is 19.9 Å². The van der Waals surface area contributed by atoms with E-state index in [1.807, 2.05) is 24.3 Å². The standard InChI is InChI=1S/C22H29N3O4/c1-14(2)12-23-13-16-4-6-17(7-5-16)18-8-10-19(11-9-18)21(27)24-20(15(3)26)22(28)25-29/h4-11,14-15,20,23,26,29H,12-13H2,1-3H3,(H,24,27)(H,25,28)/t15-,20+/m1/s1. The maximum atomic E-state index is 12.3. The Labute approximate surface area is 171 Å². The zero-order valence-electron chi connectivity index (χ0n) is 17.0. The summed E-state index contributed by atoms with van der Waals surface area (Å²) in [5.74, 6) is -0.788. The van der Waals surface area contributed by atoms with Crippen LogP contribution in [0.5, 0.6) is 0 Å². The fourth-order valence-corrected chi connectivity index (χ4v) is 2.83. The minimum Gasteiger partial charge on any atom is -0.391 e. The lowest BCUT2D eigenvalue weighted by Crippen LogP contribution is -2.51. The highest BCUT2D eigenvalue weighted by Crippen LogP contribution is 2.20. The summed E-state index contributed by atoms with van der Waals surface area (Å²) in [6.45, 7) is 7.49. The van der Waals surface area contributed by atoms with E-state index < -0.39 is 24.0 Å². The number of nitrogens with one attached hydrogen (secondary N) is 3. The van der Waals surface area contributed by atoms with Gasteiger partial charge in [0.1, 0.15) is 6.04 Å². The molecular formula is C22H29N3O4. The Balaban J connectivity index is 2.02. The Hall–Kier alpha value is -2.74. The van der Waals surface area contributed by atoms with Gasteiger partial charge < -0.3 is 15.7 Å². The minimum atomic E-state index is -1.25. The molecule has 29 heavy (non-hydrogen) atoms. The summed E-state index contributed by atoms with van der Waals surface area (Å²) in [5, 5.41) is 24.2. The number of hydrogen-bond acceptors (Lipinski definition) is 5. The van der Waals surface area contributed by atoms with Crippen LogP contribution in [0.15, 0.2) is 48.5 Å². The summed E-state index contributed by atoms with van der Waals surface area (Å²) in [5.41, 5.74) is 4.99. The van der Waals surface area contributed by atoms with E-state index in [0.29, 0.717) is 11.5 Å². The van der Waals surface area contributed by atoms with Gasteiger partial charge in [0, 0.05) is 12.1 Å². The summed E-state index contributed by atoms with van der Waals surface area (Å²) in [4.78, 5) is 23.9. The highest BCUT2D eigenvalue weighted by atomic mass is 16.5. The van der Waals surface area contributed by atoms with Crippen molar-refractivity contribution in [3.63, 3.8) is 0 Å². The minimum absolute atomic E-state index is 0.347. The third kappa shape index (κ3) is 6.67. The van der Waals surface area contributed by atoms with Crippen LogP contribution in [-0.4, -0.2) is 40.8 Å². The average molecular weight is 399 g/mol. The van der Waals surface area contributed by atoms with Crippen molar-refractivity contribution in [1.29, 1.82) is 0 Å². The lowest BCUT2D eigenvalue weighted by Gasteiger charge is -2.19. The Morgan fingerprint density at radius 1 is 0.931 bits per heavy atom. The normalized spacial score (nSPS) is 13.0. The first kappa shape index (κ1) is 22.5. The number of hydroxylamine groups is 1. The van der Waals surface area contributed by atoms with Crippen LogP contribution in [0, 0.1) is 5.92 Å². The molecule has 0 heterocycles. The molecule has 0 radical (unpaired) electrons. The monoisotopic (exact) mass is 399 g/mol. The first-order chi connectivity index (χ1) is 13.8. The molecule has 0 aromatic heterocycles. The fourth-order valence-electron chi connectivity index (χ4n) is 2.83. The van der Waals surface area contributed by atoms with Crippen molar-refractivity contribution in [2.75, 3.05) is 6.54 Å². The molecule has 2 aromatic carbocycles. The Kier molecular flexibility index (Phi) is 8.33. The van der Waals surface area contributed by atoms with Crippen LogP contribution in [0.1, 0.15) is 36.7 Å². The molecule has 0 bridgehead atoms. The maximum Gasteiger partial charge on any atom is 0.268 e. The Morgan fingerprint density at radius 3 is 1.97 bits per heavy atom. The zero-order chi connectivity index (χ0) is 21.4. The molecule has 2 atom stereocenters. The molecule has 2 amide bonds. The number of amides is 2. The molecule has 0 unspecified atom stereocenters. The third-order valence-corrected chi connectivity index (χ3v) is 4.48. The number of aliphatic hydroxyl groups excluding tert-OH is 1. The van der Waals surface area contributed by atoms with Crippen molar-refractivity contribution >= 4 is 11.8 Å². The van der Waals surface area contributed by atoms with E-state index in [2.05, 4.69) is 36.6 Å². The highest BCUT2D eigenvalue weighted by molar-refractivity contribution is 5.97. The number of aliphatic hydroxyl groups is 1. The molecule has 0 saturated carbocycles. The van der Waals surface area contributed by atoms with E-state index in [0.717, 1.165) is 24.2 Å². The summed E-state index contributed by atoms with van der Waals surface area (Å²) in [7, 11) is 0. The second-order valence-electron chi connectivity index (χ2n) is 7.47. The second kappa shape index (κ2) is 10.7. The second-order valence-corrected chi connectivity index (χ2v) is 7.47. The lowest BCUT2D eigenvalue weighted by molar-refractivity contribution is -0.133. The SMILES string of the molecule is CC(C)CNCc1ccc(-c2ccc(C(=O)N[C@H](C(=O)NO)[C@@H](C)O)cc2)cc1. The van der Waals surface area contributed by atoms with Crippen molar-refractivity contribution in [1.82, 2.24) is 16.1 Å². The van der Waals surface area contributed by atoms with E-state index >= 15 is 0 Å². The van der Waals surface area contributed by atoms with Crippen molar-refractivity contribution in [2.45, 2.75) is 39.5 Å². The summed E-state index contributed by atoms with van der Waals surface area (Å²) in [6.07, 6.45) is -1.15. The van der Waals surface area contributed by atoms with E-state index in [4.69, 9.17) is 5.21 Å². The molecule has 7 nitrogen and oxygen atoms in total. The van der Waals surface area contributed by atoms with Gasteiger partial charge in [-0.25, -0.2) is 5.48 Å². The van der Waals surface area contributed by atoms with Crippen LogP contribution in [0.25, 0.3) is 11.1 Å². The summed E-state index contributed by atoms with van der Waals surface area (Å²) in [6, 6.07) is 13.9. The van der Waals surface area contributed by atoms with Gasteiger partial charge >= 0.3 is 0 Å². The van der Waals surface area contributed by atoms with E-state index in [1.54, 1.807) is 12.1 Å². The molecule has 0 saturated heterocycles. The van der Waals surface area contributed by atoms with Gasteiger partial charge in [0.15, 0.2) is 0 Å². The van der Waals surface area contributed by atoms with E-state index in [-0.39, 0.29) is 0 Å². The van der Waals surface area contributed by atoms with Crippen molar-refractivity contribution in [2.24, 2.45) is 5.92 Å². The molecule has 2 aromatic rings. The summed E-state index contributed by atoms with van der Waals surface area (Å²) < 4.78 is 0. The Bertz CT molecular complexity index is 802. The number of carbonyl (C=O) groups excluding carboxylic acids is 2. The molecule has 0 fully saturated rings. The van der Waals surface area contributed by atoms with Gasteiger partial charge in [-0.05, 0) is 48.2 Å². The quantitative estimate of drug-likeness (QED) is 0.328. The molecular weight excluding hydrogens is 370 g/mol. The summed E-state index contributed by atoms with van der Waals surface area (Å²) >= 11 is 0. The van der Waals surface area contributed by atoms with Gasteiger partial charge in [-0.1, -0.05) is 50.2 Å². The van der Waals surface area contributed by atoms with Gasteiger partial charge in [-0.2, -0.15) is 0 Å². The average Bonchev–Trinajstić information content (AvgIpc) is 2.71. The first-order valence-corrected chi connectivity index (χ1v) is 9.64. The van der Waals surface area contributed by atoms with Gasteiger partial charge in [-0.3, -0.25) is 14.8 Å². The molecule has 0 aliphatic heterocycles. The number of rotatable bonds is 9. The number of hydrogen-bond donors (Lipinski definition) is 5. The van der Waals surface area contributed by atoms with Crippen molar-refractivity contribution in [3.8, 4) is 11.1 Å². The molecule has 5 N–H and O–H groups in total. The van der Waals surface area contributed by atoms with Crippen LogP contribution >= 0.6 is 0 Å². The van der Waals surface area contributed by atoms with Gasteiger partial charge in [-0.15, -0.1) is 0 Å². The topological polar surface area (TPSA) is 111 Å². The van der Waals surface area contributed by atoms with Gasteiger partial charge in [0.25, 0.3) is 11.8 Å². The molecule has 156 valence electrons. The van der Waals surface area contributed by atoms with Gasteiger partial charge in [0.2, 0.25) is 0 Å². The zero-order valence-corrected chi connectivity index (χ0v) is 17.0. The van der Waals surface area contributed by atoms with Crippen LogP contribution in [-0.2, 0) is 11.3 Å². The maximum absolute atomic E-state index is 12.3. The molecule has 7 heteroatoms. The highest BCUT2D eigenvalue weighted by Gasteiger charge is 2.25. The van der Waals surface area contributed by atoms with Gasteiger partial charge in [0.05, 0.1) is 6.10 Å². The largest absolute Gasteiger partial charge is 0.391 e. The smallest absolute Gasteiger partial charge is 0.268 e. The number of benzene rings is 2. The van der Waals surface area contributed by atoms with Crippen LogP contribution in [0.2, 0.25) is 0 Å². The molecule has 0 aliphatic rings. The van der Waals surface area contributed by atoms with Crippen LogP contribution in [0.4, 0.5) is 0 Å². The third-order valence-electron chi connectivity index (χ3n) is 4.48.